The predicted molar refractivity (Wildman–Crippen MR) is 83.5 cm³/mol. The highest BCUT2D eigenvalue weighted by Gasteiger charge is 2.34. The number of phenolic OH excluding ortho intramolecular Hbond substituents is 1. The summed E-state index contributed by atoms with van der Waals surface area (Å²) in [6.07, 6.45) is 1.44. The van der Waals surface area contributed by atoms with Crippen LogP contribution < -0.4 is 10.2 Å². The number of imide groups is 1. The molecule has 0 saturated carbocycles. The van der Waals surface area contributed by atoms with Crippen molar-refractivity contribution in [2.75, 3.05) is 4.90 Å². The molecule has 2 aromatic carbocycles. The number of hydrogen-bond donors (Lipinski definition) is 2. The van der Waals surface area contributed by atoms with Gasteiger partial charge in [-0.1, -0.05) is 17.7 Å². The van der Waals surface area contributed by atoms with E-state index in [0.29, 0.717) is 5.56 Å². The van der Waals surface area contributed by atoms with E-state index in [1.807, 2.05) is 0 Å². The van der Waals surface area contributed by atoms with E-state index in [-0.39, 0.29) is 22.2 Å². The molecule has 1 aliphatic heterocycles. The number of phenols is 1. The summed E-state index contributed by atoms with van der Waals surface area (Å²) in [6.45, 7) is 0. The highest BCUT2D eigenvalue weighted by Crippen LogP contribution is 2.26. The average Bonchev–Trinajstić information content (AvgIpc) is 2.79. The Morgan fingerprint density at radius 2 is 1.83 bits per heavy atom. The van der Waals surface area contributed by atoms with Crippen LogP contribution in [-0.4, -0.2) is 17.0 Å². The molecule has 0 unspecified atom stereocenters. The molecule has 2 aromatic rings. The van der Waals surface area contributed by atoms with Crippen molar-refractivity contribution in [3.8, 4) is 5.75 Å². The molecule has 1 fully saturated rings. The second-order valence-corrected chi connectivity index (χ2v) is 5.22. The quantitative estimate of drug-likeness (QED) is 0.655. The molecule has 0 aliphatic carbocycles. The van der Waals surface area contributed by atoms with Gasteiger partial charge in [-0.2, -0.15) is 0 Å². The van der Waals surface area contributed by atoms with Crippen molar-refractivity contribution < 1.29 is 19.1 Å². The van der Waals surface area contributed by atoms with E-state index in [0.717, 1.165) is 17.0 Å². The predicted octanol–water partition coefficient (Wildman–Crippen LogP) is 3.28. The number of nitrogens with one attached hydrogen (secondary N) is 1. The van der Waals surface area contributed by atoms with E-state index < -0.39 is 17.8 Å². The van der Waals surface area contributed by atoms with Crippen molar-refractivity contribution in [2.45, 2.75) is 0 Å². The van der Waals surface area contributed by atoms with Gasteiger partial charge in [-0.25, -0.2) is 14.1 Å². The standard InChI is InChI=1S/C16H10ClFN2O3/c17-12-7-9(1-6-14(12)21)8-13-15(22)20(16(23)19-13)11-4-2-10(18)3-5-11/h1-8,21H,(H,19,23)/b13-8+. The minimum absolute atomic E-state index is 0.0566. The van der Waals surface area contributed by atoms with Gasteiger partial charge in [0.2, 0.25) is 0 Å². The van der Waals surface area contributed by atoms with E-state index in [2.05, 4.69) is 5.32 Å². The Morgan fingerprint density at radius 3 is 2.48 bits per heavy atom. The molecular formula is C16H10ClFN2O3. The molecule has 3 amide bonds. The topological polar surface area (TPSA) is 69.6 Å². The summed E-state index contributed by atoms with van der Waals surface area (Å²) in [6, 6.07) is 8.78. The van der Waals surface area contributed by atoms with Crippen molar-refractivity contribution >= 4 is 35.3 Å². The fourth-order valence-corrected chi connectivity index (χ4v) is 2.33. The molecule has 1 aliphatic rings. The maximum Gasteiger partial charge on any atom is 0.333 e. The van der Waals surface area contributed by atoms with Crippen LogP contribution in [0.1, 0.15) is 5.56 Å². The second kappa shape index (κ2) is 5.73. The molecule has 0 spiro atoms. The van der Waals surface area contributed by atoms with Gasteiger partial charge in [-0.05, 0) is 48.0 Å². The first-order valence-electron chi connectivity index (χ1n) is 6.57. The van der Waals surface area contributed by atoms with E-state index in [9.17, 15) is 19.1 Å². The number of urea groups is 1. The van der Waals surface area contributed by atoms with Crippen LogP contribution in [0.15, 0.2) is 48.2 Å². The molecule has 116 valence electrons. The molecular weight excluding hydrogens is 323 g/mol. The second-order valence-electron chi connectivity index (χ2n) is 4.82. The summed E-state index contributed by atoms with van der Waals surface area (Å²) in [7, 11) is 0. The Kier molecular flexibility index (Phi) is 3.75. The number of rotatable bonds is 2. The van der Waals surface area contributed by atoms with E-state index in [1.54, 1.807) is 6.07 Å². The number of benzene rings is 2. The molecule has 7 heteroatoms. The fraction of sp³-hybridized carbons (Fsp3) is 0. The zero-order valence-corrected chi connectivity index (χ0v) is 12.3. The maximum absolute atomic E-state index is 13.0. The molecule has 2 N–H and O–H groups in total. The van der Waals surface area contributed by atoms with Crippen molar-refractivity contribution in [3.05, 3.63) is 64.6 Å². The van der Waals surface area contributed by atoms with Gasteiger partial charge in [0, 0.05) is 0 Å². The molecule has 5 nitrogen and oxygen atoms in total. The van der Waals surface area contributed by atoms with Crippen LogP contribution in [-0.2, 0) is 4.79 Å². The SMILES string of the molecule is O=C1N/C(=C/c2ccc(O)c(Cl)c2)C(=O)N1c1ccc(F)cc1. The summed E-state index contributed by atoms with van der Waals surface area (Å²) < 4.78 is 13.0. The van der Waals surface area contributed by atoms with Crippen LogP contribution in [0.4, 0.5) is 14.9 Å². The summed E-state index contributed by atoms with van der Waals surface area (Å²) >= 11 is 5.81. The molecule has 0 radical (unpaired) electrons. The van der Waals surface area contributed by atoms with Gasteiger partial charge in [0.25, 0.3) is 5.91 Å². The van der Waals surface area contributed by atoms with Crippen LogP contribution in [0.25, 0.3) is 6.08 Å². The minimum atomic E-state index is -0.627. The molecule has 3 rings (SSSR count). The molecule has 0 bridgehead atoms. The number of anilines is 1. The van der Waals surface area contributed by atoms with Gasteiger partial charge in [0.05, 0.1) is 10.7 Å². The average molecular weight is 333 g/mol. The normalized spacial score (nSPS) is 16.1. The highest BCUT2D eigenvalue weighted by atomic mass is 35.5. The van der Waals surface area contributed by atoms with E-state index in [1.165, 1.54) is 30.3 Å². The molecule has 23 heavy (non-hydrogen) atoms. The zero-order chi connectivity index (χ0) is 16.6. The number of hydrogen-bond acceptors (Lipinski definition) is 3. The minimum Gasteiger partial charge on any atom is -0.506 e. The van der Waals surface area contributed by atoms with Gasteiger partial charge in [0.15, 0.2) is 0 Å². The van der Waals surface area contributed by atoms with Crippen molar-refractivity contribution in [1.29, 1.82) is 0 Å². The van der Waals surface area contributed by atoms with Gasteiger partial charge in [-0.3, -0.25) is 4.79 Å². The first kappa shape index (κ1) is 15.1. The Labute approximate surface area is 135 Å². The smallest absolute Gasteiger partial charge is 0.333 e. The van der Waals surface area contributed by atoms with Crippen molar-refractivity contribution in [1.82, 2.24) is 5.32 Å². The van der Waals surface area contributed by atoms with Gasteiger partial charge < -0.3 is 10.4 Å². The van der Waals surface area contributed by atoms with Crippen molar-refractivity contribution in [3.63, 3.8) is 0 Å². The molecule has 0 aromatic heterocycles. The van der Waals surface area contributed by atoms with E-state index in [4.69, 9.17) is 11.6 Å². The highest BCUT2D eigenvalue weighted by molar-refractivity contribution is 6.32. The van der Waals surface area contributed by atoms with Gasteiger partial charge in [0.1, 0.15) is 17.3 Å². The largest absolute Gasteiger partial charge is 0.506 e. The Bertz CT molecular complexity index is 834. The fourth-order valence-electron chi connectivity index (χ4n) is 2.14. The van der Waals surface area contributed by atoms with E-state index >= 15 is 0 Å². The molecule has 1 heterocycles. The lowest BCUT2D eigenvalue weighted by Gasteiger charge is -2.11. The van der Waals surface area contributed by atoms with Crippen LogP contribution in [0.2, 0.25) is 5.02 Å². The van der Waals surface area contributed by atoms with Crippen LogP contribution in [0.5, 0.6) is 5.75 Å². The van der Waals surface area contributed by atoms with Crippen LogP contribution in [0.3, 0.4) is 0 Å². The third-order valence-electron chi connectivity index (χ3n) is 3.25. The number of amides is 3. The lowest BCUT2D eigenvalue weighted by Crippen LogP contribution is -2.30. The summed E-state index contributed by atoms with van der Waals surface area (Å²) in [5, 5.41) is 12.0. The van der Waals surface area contributed by atoms with Crippen molar-refractivity contribution in [2.24, 2.45) is 0 Å². The summed E-state index contributed by atoms with van der Waals surface area (Å²) in [5.74, 6) is -1.11. The van der Waals surface area contributed by atoms with Crippen LogP contribution >= 0.6 is 11.6 Å². The number of nitrogens with zero attached hydrogens (tertiary/aromatic N) is 1. The Morgan fingerprint density at radius 1 is 1.13 bits per heavy atom. The lowest BCUT2D eigenvalue weighted by atomic mass is 10.2. The number of carbonyl (C=O) groups excluding carboxylic acids is 2. The number of carbonyl (C=O) groups is 2. The van der Waals surface area contributed by atoms with Gasteiger partial charge in [-0.15, -0.1) is 0 Å². The number of halogens is 2. The Hall–Kier alpha value is -2.86. The third kappa shape index (κ3) is 2.89. The molecule has 1 saturated heterocycles. The lowest BCUT2D eigenvalue weighted by molar-refractivity contribution is -0.113. The van der Waals surface area contributed by atoms with Gasteiger partial charge >= 0.3 is 6.03 Å². The monoisotopic (exact) mass is 332 g/mol. The first-order chi connectivity index (χ1) is 11.0. The first-order valence-corrected chi connectivity index (χ1v) is 6.95. The van der Waals surface area contributed by atoms with Crippen LogP contribution in [0, 0.1) is 5.82 Å². The maximum atomic E-state index is 13.0. The molecule has 0 atom stereocenters. The Balaban J connectivity index is 1.92. The zero-order valence-electron chi connectivity index (χ0n) is 11.6. The number of aromatic hydroxyl groups is 1. The summed E-state index contributed by atoms with van der Waals surface area (Å²) in [4.78, 5) is 25.3. The summed E-state index contributed by atoms with van der Waals surface area (Å²) in [5.41, 5.74) is 0.861. The third-order valence-corrected chi connectivity index (χ3v) is 3.55.